The fourth-order valence-corrected chi connectivity index (χ4v) is 14.8. The molecule has 0 spiro atoms. The van der Waals surface area contributed by atoms with Gasteiger partial charge in [0.15, 0.2) is 6.29 Å². The van der Waals surface area contributed by atoms with Crippen molar-refractivity contribution in [1.29, 1.82) is 0 Å². The van der Waals surface area contributed by atoms with E-state index in [2.05, 4.69) is 19.2 Å². The molecule has 1 aliphatic rings. The van der Waals surface area contributed by atoms with E-state index in [1.54, 1.807) is 6.08 Å². The summed E-state index contributed by atoms with van der Waals surface area (Å²) in [6.07, 6.45) is 95.5. The molecule has 0 radical (unpaired) electrons. The van der Waals surface area contributed by atoms with Crippen molar-refractivity contribution >= 4 is 5.91 Å². The molecule has 0 aliphatic carbocycles. The minimum Gasteiger partial charge on any atom is -0.394 e. The van der Waals surface area contributed by atoms with Crippen LogP contribution >= 0.6 is 0 Å². The van der Waals surface area contributed by atoms with E-state index in [0.29, 0.717) is 6.42 Å². The van der Waals surface area contributed by atoms with Gasteiger partial charge in [0.25, 0.3) is 0 Å². The third-order valence-electron chi connectivity index (χ3n) is 21.6. The first-order chi connectivity index (χ1) is 47.3. The zero-order valence-electron chi connectivity index (χ0n) is 64.7. The molecule has 96 heavy (non-hydrogen) atoms. The van der Waals surface area contributed by atoms with Crippen molar-refractivity contribution in [3.63, 3.8) is 0 Å². The Labute approximate surface area is 598 Å². The molecule has 9 heteroatoms. The van der Waals surface area contributed by atoms with E-state index in [1.165, 1.54) is 424 Å². The van der Waals surface area contributed by atoms with Crippen LogP contribution in [0.4, 0.5) is 0 Å². The first kappa shape index (κ1) is 92.9. The molecule has 1 aliphatic heterocycles. The second kappa shape index (κ2) is 76.6. The summed E-state index contributed by atoms with van der Waals surface area (Å²) in [7, 11) is 0. The predicted molar refractivity (Wildman–Crippen MR) is 415 cm³/mol. The van der Waals surface area contributed by atoms with Gasteiger partial charge in [0.2, 0.25) is 5.91 Å². The highest BCUT2D eigenvalue weighted by atomic mass is 16.7. The lowest BCUT2D eigenvalue weighted by molar-refractivity contribution is -0.302. The number of hydrogen-bond donors (Lipinski definition) is 6. The average molecular weight is 1360 g/mol. The van der Waals surface area contributed by atoms with Crippen molar-refractivity contribution in [1.82, 2.24) is 5.32 Å². The van der Waals surface area contributed by atoms with E-state index < -0.39 is 49.5 Å². The highest BCUT2D eigenvalue weighted by molar-refractivity contribution is 5.76. The van der Waals surface area contributed by atoms with Crippen LogP contribution in [0.1, 0.15) is 483 Å². The number of ether oxygens (including phenoxy) is 2. The van der Waals surface area contributed by atoms with E-state index in [0.717, 1.165) is 38.5 Å². The van der Waals surface area contributed by atoms with Crippen LogP contribution in [-0.2, 0) is 14.3 Å². The molecule has 7 unspecified atom stereocenters. The number of allylic oxidation sites excluding steroid dienone is 1. The number of nitrogens with one attached hydrogen (secondary N) is 1. The Balaban J connectivity index is 2.01. The lowest BCUT2D eigenvalue weighted by Crippen LogP contribution is -2.60. The van der Waals surface area contributed by atoms with Crippen LogP contribution in [0.5, 0.6) is 0 Å². The van der Waals surface area contributed by atoms with Gasteiger partial charge in [0.1, 0.15) is 24.4 Å². The lowest BCUT2D eigenvalue weighted by atomic mass is 9.99. The van der Waals surface area contributed by atoms with Crippen LogP contribution in [0.25, 0.3) is 0 Å². The SMILES string of the molecule is CCCCCCCCCCCCCCCCCCCCCCCCCCCCCCCC/C=C/C(O)C(COC1OC(CO)C(O)C(O)C1O)NC(=O)CCCCCCCCCCCCCCCCCCCCCCCCCCCCCCCCCCCCCCCCCCC. The Morgan fingerprint density at radius 3 is 0.812 bits per heavy atom. The van der Waals surface area contributed by atoms with Crippen LogP contribution in [0.3, 0.4) is 0 Å². The first-order valence-electron chi connectivity index (χ1n) is 43.9. The maximum absolute atomic E-state index is 13.2. The Hall–Kier alpha value is -1.07. The second-order valence-corrected chi connectivity index (χ2v) is 31.1. The number of aliphatic hydroxyl groups is 5. The van der Waals surface area contributed by atoms with Crippen molar-refractivity contribution in [2.75, 3.05) is 13.2 Å². The van der Waals surface area contributed by atoms with Gasteiger partial charge in [-0.2, -0.15) is 0 Å². The van der Waals surface area contributed by atoms with Crippen LogP contribution in [-0.4, -0.2) is 87.5 Å². The summed E-state index contributed by atoms with van der Waals surface area (Å²) >= 11 is 0. The van der Waals surface area contributed by atoms with Gasteiger partial charge < -0.3 is 40.3 Å². The molecule has 1 amide bonds. The zero-order chi connectivity index (χ0) is 69.2. The number of unbranched alkanes of at least 4 members (excludes halogenated alkanes) is 70. The van der Waals surface area contributed by atoms with Crippen molar-refractivity contribution in [3.8, 4) is 0 Å². The molecule has 572 valence electrons. The van der Waals surface area contributed by atoms with Crippen molar-refractivity contribution < 1.29 is 39.8 Å². The minimum atomic E-state index is -1.57. The maximum atomic E-state index is 13.2. The molecule has 1 fully saturated rings. The quantitative estimate of drug-likeness (QED) is 0.0261. The third kappa shape index (κ3) is 63.8. The molecule has 0 aromatic rings. The number of carbonyl (C=O) groups excluding carboxylic acids is 1. The van der Waals surface area contributed by atoms with E-state index >= 15 is 0 Å². The van der Waals surface area contributed by atoms with Gasteiger partial charge in [-0.05, 0) is 19.3 Å². The normalized spacial score (nSPS) is 17.3. The summed E-state index contributed by atoms with van der Waals surface area (Å²) in [5, 5.41) is 55.0. The van der Waals surface area contributed by atoms with Crippen molar-refractivity contribution in [3.05, 3.63) is 12.2 Å². The summed E-state index contributed by atoms with van der Waals surface area (Å²) in [6, 6.07) is -0.804. The van der Waals surface area contributed by atoms with Crippen LogP contribution in [0.15, 0.2) is 12.2 Å². The molecular weight excluding hydrogens is 1190 g/mol. The molecule has 1 saturated heterocycles. The smallest absolute Gasteiger partial charge is 0.220 e. The molecule has 1 heterocycles. The van der Waals surface area contributed by atoms with Gasteiger partial charge in [-0.3, -0.25) is 4.79 Å². The molecule has 0 bridgehead atoms. The number of aliphatic hydroxyl groups excluding tert-OH is 5. The summed E-state index contributed by atoms with van der Waals surface area (Å²) < 4.78 is 11.4. The van der Waals surface area contributed by atoms with Crippen LogP contribution < -0.4 is 5.32 Å². The minimum absolute atomic E-state index is 0.164. The summed E-state index contributed by atoms with van der Waals surface area (Å²) in [6.45, 7) is 3.87. The van der Waals surface area contributed by atoms with Crippen LogP contribution in [0.2, 0.25) is 0 Å². The van der Waals surface area contributed by atoms with Crippen molar-refractivity contribution in [2.24, 2.45) is 0 Å². The maximum Gasteiger partial charge on any atom is 0.220 e. The molecule has 6 N–H and O–H groups in total. The monoisotopic (exact) mass is 1360 g/mol. The highest BCUT2D eigenvalue weighted by Crippen LogP contribution is 2.25. The predicted octanol–water partition coefficient (Wildman–Crippen LogP) is 25.7. The Morgan fingerprint density at radius 1 is 0.344 bits per heavy atom. The Bertz CT molecular complexity index is 1530. The number of amides is 1. The Morgan fingerprint density at radius 2 is 0.573 bits per heavy atom. The summed E-state index contributed by atoms with van der Waals surface area (Å²) in [4.78, 5) is 13.2. The van der Waals surface area contributed by atoms with E-state index in [9.17, 15) is 30.3 Å². The molecular formula is C87H171NO8. The number of rotatable bonds is 80. The average Bonchev–Trinajstić information content (AvgIpc) is 0.845. The molecule has 9 nitrogen and oxygen atoms in total. The van der Waals surface area contributed by atoms with Gasteiger partial charge in [0.05, 0.1) is 25.4 Å². The van der Waals surface area contributed by atoms with E-state index in [4.69, 9.17) is 9.47 Å². The Kier molecular flexibility index (Phi) is 74.1. The fraction of sp³-hybridized carbons (Fsp3) is 0.966. The summed E-state index contributed by atoms with van der Waals surface area (Å²) in [5.74, 6) is -0.164. The standard InChI is InChI=1S/C87H171NO8/c1-3-5-7-9-11-13-15-17-19-21-23-25-27-29-31-33-35-37-38-39-40-41-42-43-44-45-47-49-51-53-55-57-59-61-63-65-67-69-71-73-75-77-83(91)88-80(79-95-87-86(94)85(93)84(92)82(78-89)96-87)81(90)76-74-72-70-68-66-64-62-60-58-56-54-52-50-48-46-36-34-32-30-28-26-24-22-20-18-16-14-12-10-8-6-4-2/h74,76,80-82,84-87,89-90,92-94H,3-73,75,77-79H2,1-2H3,(H,88,91)/b76-74+. The molecule has 7 atom stereocenters. The van der Waals surface area contributed by atoms with E-state index in [-0.39, 0.29) is 12.5 Å². The first-order valence-corrected chi connectivity index (χ1v) is 43.9. The molecule has 0 aromatic heterocycles. The summed E-state index contributed by atoms with van der Waals surface area (Å²) in [5.41, 5.74) is 0. The van der Waals surface area contributed by atoms with Gasteiger partial charge >= 0.3 is 0 Å². The molecule has 0 saturated carbocycles. The van der Waals surface area contributed by atoms with Crippen molar-refractivity contribution in [2.45, 2.75) is 525 Å². The topological polar surface area (TPSA) is 149 Å². The van der Waals surface area contributed by atoms with Gasteiger partial charge in [-0.1, -0.05) is 469 Å². The van der Waals surface area contributed by atoms with Gasteiger partial charge in [-0.15, -0.1) is 0 Å². The number of carbonyl (C=O) groups is 1. The fourth-order valence-electron chi connectivity index (χ4n) is 14.8. The number of hydrogen-bond acceptors (Lipinski definition) is 8. The van der Waals surface area contributed by atoms with Crippen LogP contribution in [0, 0.1) is 0 Å². The largest absolute Gasteiger partial charge is 0.394 e. The zero-order valence-corrected chi connectivity index (χ0v) is 64.7. The van der Waals surface area contributed by atoms with E-state index in [1.807, 2.05) is 6.08 Å². The van der Waals surface area contributed by atoms with Gasteiger partial charge in [0, 0.05) is 6.42 Å². The third-order valence-corrected chi connectivity index (χ3v) is 21.6. The molecule has 0 aromatic carbocycles. The lowest BCUT2D eigenvalue weighted by Gasteiger charge is -2.40. The molecule has 1 rings (SSSR count). The van der Waals surface area contributed by atoms with Gasteiger partial charge in [-0.25, -0.2) is 0 Å². The second-order valence-electron chi connectivity index (χ2n) is 31.1. The highest BCUT2D eigenvalue weighted by Gasteiger charge is 2.44.